The number of nitrogens with one attached hydrogen (secondary N) is 1. The lowest BCUT2D eigenvalue weighted by Gasteiger charge is -2.12. The van der Waals surface area contributed by atoms with Crippen molar-refractivity contribution in [1.29, 1.82) is 5.26 Å². The van der Waals surface area contributed by atoms with E-state index in [0.29, 0.717) is 5.69 Å². The Morgan fingerprint density at radius 2 is 1.66 bits per heavy atom. The topological polar surface area (TPSA) is 57.8 Å². The summed E-state index contributed by atoms with van der Waals surface area (Å²) < 4.78 is 2.15. The van der Waals surface area contributed by atoms with Gasteiger partial charge in [-0.1, -0.05) is 36.4 Å². The van der Waals surface area contributed by atoms with Gasteiger partial charge in [0.15, 0.2) is 0 Å². The number of benzene rings is 3. The number of hydrogen-bond donors (Lipinski definition) is 1. The largest absolute Gasteiger partial charge is 0.321 e. The van der Waals surface area contributed by atoms with Gasteiger partial charge in [0.05, 0.1) is 0 Å². The zero-order chi connectivity index (χ0) is 22.8. The van der Waals surface area contributed by atoms with Crippen molar-refractivity contribution in [2.45, 2.75) is 27.7 Å². The SMILES string of the molecule is Cc1ccc(-n2c(C)cc(C=C(C#N)C(=O)Nc3ccc4ccccc4c3)c2C)cc1C. The number of amides is 1. The number of rotatable bonds is 4. The monoisotopic (exact) mass is 419 g/mol. The maximum Gasteiger partial charge on any atom is 0.266 e. The Morgan fingerprint density at radius 3 is 2.38 bits per heavy atom. The summed E-state index contributed by atoms with van der Waals surface area (Å²) in [6, 6.07) is 24.1. The second-order valence-electron chi connectivity index (χ2n) is 8.12. The van der Waals surface area contributed by atoms with E-state index in [1.807, 2.05) is 62.4 Å². The molecule has 4 aromatic rings. The molecule has 32 heavy (non-hydrogen) atoms. The highest BCUT2D eigenvalue weighted by molar-refractivity contribution is 6.10. The van der Waals surface area contributed by atoms with E-state index in [2.05, 4.69) is 48.0 Å². The first kappa shape index (κ1) is 21.1. The van der Waals surface area contributed by atoms with Gasteiger partial charge in [-0.15, -0.1) is 0 Å². The Balaban J connectivity index is 1.64. The van der Waals surface area contributed by atoms with Gasteiger partial charge in [0.2, 0.25) is 0 Å². The number of anilines is 1. The third-order valence-electron chi connectivity index (χ3n) is 5.89. The molecular formula is C28H25N3O. The number of nitrogens with zero attached hydrogens (tertiary/aromatic N) is 2. The fourth-order valence-corrected chi connectivity index (χ4v) is 3.97. The molecule has 1 amide bonds. The third-order valence-corrected chi connectivity index (χ3v) is 5.89. The van der Waals surface area contributed by atoms with Crippen molar-refractivity contribution in [3.05, 3.63) is 100 Å². The standard InChI is InChI=1S/C28H25N3O/c1-18-9-12-27(13-19(18)2)31-20(3)14-24(21(31)4)15-25(17-29)28(32)30-26-11-10-22-7-5-6-8-23(22)16-26/h5-16H,1-4H3,(H,30,32). The summed E-state index contributed by atoms with van der Waals surface area (Å²) in [6.07, 6.45) is 1.66. The number of aromatic nitrogens is 1. The van der Waals surface area contributed by atoms with Crippen molar-refractivity contribution in [1.82, 2.24) is 4.57 Å². The number of carbonyl (C=O) groups excluding carboxylic acids is 1. The lowest BCUT2D eigenvalue weighted by molar-refractivity contribution is -0.112. The summed E-state index contributed by atoms with van der Waals surface area (Å²) in [5, 5.41) is 14.7. The predicted molar refractivity (Wildman–Crippen MR) is 131 cm³/mol. The van der Waals surface area contributed by atoms with Gasteiger partial charge in [0.1, 0.15) is 11.6 Å². The molecule has 0 aliphatic heterocycles. The Bertz CT molecular complexity index is 1420. The molecule has 0 aliphatic carbocycles. The number of hydrogen-bond acceptors (Lipinski definition) is 2. The van der Waals surface area contributed by atoms with E-state index in [9.17, 15) is 10.1 Å². The molecule has 0 spiro atoms. The minimum atomic E-state index is -0.418. The average Bonchev–Trinajstić information content (AvgIpc) is 3.06. The van der Waals surface area contributed by atoms with E-state index in [1.165, 1.54) is 11.1 Å². The van der Waals surface area contributed by atoms with Crippen LogP contribution in [0.4, 0.5) is 5.69 Å². The van der Waals surface area contributed by atoms with Gasteiger partial charge < -0.3 is 9.88 Å². The molecule has 0 unspecified atom stereocenters. The van der Waals surface area contributed by atoms with E-state index in [0.717, 1.165) is 33.4 Å². The molecule has 1 aromatic heterocycles. The molecule has 0 fully saturated rings. The van der Waals surface area contributed by atoms with E-state index >= 15 is 0 Å². The van der Waals surface area contributed by atoms with Crippen molar-refractivity contribution in [3.63, 3.8) is 0 Å². The van der Waals surface area contributed by atoms with E-state index in [4.69, 9.17) is 0 Å². The van der Waals surface area contributed by atoms with Crippen molar-refractivity contribution in [2.24, 2.45) is 0 Å². The number of aryl methyl sites for hydroxylation is 3. The highest BCUT2D eigenvalue weighted by Gasteiger charge is 2.14. The zero-order valence-electron chi connectivity index (χ0n) is 18.7. The van der Waals surface area contributed by atoms with Crippen LogP contribution >= 0.6 is 0 Å². The minimum absolute atomic E-state index is 0.0681. The van der Waals surface area contributed by atoms with Crippen LogP contribution in [-0.2, 0) is 4.79 Å². The van der Waals surface area contributed by atoms with Gasteiger partial charge in [0.25, 0.3) is 5.91 Å². The van der Waals surface area contributed by atoms with Gasteiger partial charge >= 0.3 is 0 Å². The van der Waals surface area contributed by atoms with Gasteiger partial charge in [-0.25, -0.2) is 0 Å². The summed E-state index contributed by atoms with van der Waals surface area (Å²) in [4.78, 5) is 12.8. The first-order valence-electron chi connectivity index (χ1n) is 10.6. The fourth-order valence-electron chi connectivity index (χ4n) is 3.97. The van der Waals surface area contributed by atoms with Crippen LogP contribution in [-0.4, -0.2) is 10.5 Å². The first-order chi connectivity index (χ1) is 15.4. The number of nitriles is 1. The van der Waals surface area contributed by atoms with Gasteiger partial charge in [0, 0.05) is 22.8 Å². The Labute approximate surface area is 188 Å². The quantitative estimate of drug-likeness (QED) is 0.307. The van der Waals surface area contributed by atoms with Crippen molar-refractivity contribution >= 4 is 28.4 Å². The normalized spacial score (nSPS) is 11.4. The van der Waals surface area contributed by atoms with Crippen LogP contribution in [0.2, 0.25) is 0 Å². The molecule has 4 rings (SSSR count). The molecule has 0 radical (unpaired) electrons. The second-order valence-corrected chi connectivity index (χ2v) is 8.12. The highest BCUT2D eigenvalue weighted by Crippen LogP contribution is 2.25. The zero-order valence-corrected chi connectivity index (χ0v) is 18.7. The van der Waals surface area contributed by atoms with Crippen LogP contribution in [0, 0.1) is 39.0 Å². The fraction of sp³-hybridized carbons (Fsp3) is 0.143. The van der Waals surface area contributed by atoms with E-state index in [-0.39, 0.29) is 5.57 Å². The van der Waals surface area contributed by atoms with Crippen LogP contribution in [0.25, 0.3) is 22.5 Å². The van der Waals surface area contributed by atoms with Crippen molar-refractivity contribution < 1.29 is 4.79 Å². The Hall–Kier alpha value is -4.10. The van der Waals surface area contributed by atoms with E-state index in [1.54, 1.807) is 6.08 Å². The molecule has 1 heterocycles. The number of carbonyl (C=O) groups is 1. The molecule has 1 N–H and O–H groups in total. The number of fused-ring (bicyclic) bond motifs is 1. The van der Waals surface area contributed by atoms with Crippen LogP contribution < -0.4 is 5.32 Å². The second kappa shape index (κ2) is 8.56. The van der Waals surface area contributed by atoms with Crippen LogP contribution in [0.15, 0.2) is 72.3 Å². The Kier molecular flexibility index (Phi) is 5.66. The maximum atomic E-state index is 12.8. The summed E-state index contributed by atoms with van der Waals surface area (Å²) in [6.45, 7) is 8.22. The summed E-state index contributed by atoms with van der Waals surface area (Å²) >= 11 is 0. The van der Waals surface area contributed by atoms with Crippen molar-refractivity contribution in [3.8, 4) is 11.8 Å². The predicted octanol–water partition coefficient (Wildman–Crippen LogP) is 6.41. The van der Waals surface area contributed by atoms with Gasteiger partial charge in [-0.3, -0.25) is 4.79 Å². The molecule has 0 aliphatic rings. The Morgan fingerprint density at radius 1 is 0.906 bits per heavy atom. The molecule has 0 saturated carbocycles. The van der Waals surface area contributed by atoms with E-state index < -0.39 is 5.91 Å². The third kappa shape index (κ3) is 4.06. The van der Waals surface area contributed by atoms with Gasteiger partial charge in [-0.2, -0.15) is 5.26 Å². The molecule has 0 saturated heterocycles. The van der Waals surface area contributed by atoms with Crippen LogP contribution in [0.3, 0.4) is 0 Å². The molecule has 158 valence electrons. The molecule has 0 atom stereocenters. The summed E-state index contributed by atoms with van der Waals surface area (Å²) in [5.41, 5.74) is 7.15. The summed E-state index contributed by atoms with van der Waals surface area (Å²) in [5.74, 6) is -0.418. The van der Waals surface area contributed by atoms with Crippen molar-refractivity contribution in [2.75, 3.05) is 5.32 Å². The molecule has 4 nitrogen and oxygen atoms in total. The molecular weight excluding hydrogens is 394 g/mol. The first-order valence-corrected chi connectivity index (χ1v) is 10.6. The molecule has 3 aromatic carbocycles. The maximum absolute atomic E-state index is 12.8. The molecule has 4 heteroatoms. The minimum Gasteiger partial charge on any atom is -0.321 e. The lowest BCUT2D eigenvalue weighted by Crippen LogP contribution is -2.13. The summed E-state index contributed by atoms with van der Waals surface area (Å²) in [7, 11) is 0. The lowest BCUT2D eigenvalue weighted by atomic mass is 10.1. The smallest absolute Gasteiger partial charge is 0.266 e. The molecule has 0 bridgehead atoms. The van der Waals surface area contributed by atoms with Crippen LogP contribution in [0.5, 0.6) is 0 Å². The highest BCUT2D eigenvalue weighted by atomic mass is 16.1. The van der Waals surface area contributed by atoms with Gasteiger partial charge in [-0.05, 0) is 91.6 Å². The van der Waals surface area contributed by atoms with Crippen LogP contribution in [0.1, 0.15) is 28.1 Å². The average molecular weight is 420 g/mol.